The van der Waals surface area contributed by atoms with Gasteiger partial charge in [-0.3, -0.25) is 4.79 Å². The SMILES string of the molecule is CCC(COC)n1c(-c2cc(C)c(=O)n(C)c2)nc2cc(N3CCOCC3)cc(F)c21. The number of hydrogen-bond acceptors (Lipinski definition) is 5. The van der Waals surface area contributed by atoms with Gasteiger partial charge in [-0.05, 0) is 31.5 Å². The van der Waals surface area contributed by atoms with Gasteiger partial charge in [0.15, 0.2) is 5.82 Å². The van der Waals surface area contributed by atoms with E-state index in [0.717, 1.165) is 30.8 Å². The highest BCUT2D eigenvalue weighted by molar-refractivity contribution is 5.85. The Morgan fingerprint density at radius 2 is 2.00 bits per heavy atom. The molecule has 0 spiro atoms. The van der Waals surface area contributed by atoms with Crippen molar-refractivity contribution in [2.24, 2.45) is 7.05 Å². The smallest absolute Gasteiger partial charge is 0.253 e. The lowest BCUT2D eigenvalue weighted by molar-refractivity contribution is 0.122. The van der Waals surface area contributed by atoms with E-state index in [0.29, 0.717) is 42.2 Å². The third kappa shape index (κ3) is 3.97. The van der Waals surface area contributed by atoms with Crippen molar-refractivity contribution in [1.29, 1.82) is 0 Å². The van der Waals surface area contributed by atoms with Crippen molar-refractivity contribution in [1.82, 2.24) is 14.1 Å². The van der Waals surface area contributed by atoms with E-state index in [9.17, 15) is 4.79 Å². The number of aromatic nitrogens is 3. The standard InChI is InChI=1S/C23H29FN4O3/c1-5-17(14-30-4)28-21-19(24)11-18(27-6-8-31-9-7-27)12-20(21)25-22(28)16-10-15(2)23(29)26(3)13-16/h10-13,17H,5-9,14H2,1-4H3. The summed E-state index contributed by atoms with van der Waals surface area (Å²) < 4.78 is 29.9. The van der Waals surface area contributed by atoms with Gasteiger partial charge in [-0.1, -0.05) is 6.92 Å². The molecule has 1 aliphatic heterocycles. The van der Waals surface area contributed by atoms with Crippen LogP contribution in [0.15, 0.2) is 29.2 Å². The molecule has 0 radical (unpaired) electrons. The number of morpholine rings is 1. The Balaban J connectivity index is 1.95. The van der Waals surface area contributed by atoms with Gasteiger partial charge in [-0.25, -0.2) is 9.37 Å². The predicted molar refractivity (Wildman–Crippen MR) is 119 cm³/mol. The first kappa shape index (κ1) is 21.5. The second kappa shape index (κ2) is 8.80. The summed E-state index contributed by atoms with van der Waals surface area (Å²) in [6.45, 7) is 6.96. The first-order chi connectivity index (χ1) is 14.9. The molecular formula is C23H29FN4O3. The van der Waals surface area contributed by atoms with Gasteiger partial charge >= 0.3 is 0 Å². The number of aryl methyl sites for hydroxylation is 2. The Kier molecular flexibility index (Phi) is 6.11. The van der Waals surface area contributed by atoms with Crippen molar-refractivity contribution in [3.63, 3.8) is 0 Å². The number of pyridine rings is 1. The van der Waals surface area contributed by atoms with Crippen molar-refractivity contribution in [2.45, 2.75) is 26.3 Å². The lowest BCUT2D eigenvalue weighted by Crippen LogP contribution is -2.36. The van der Waals surface area contributed by atoms with E-state index in [4.69, 9.17) is 14.5 Å². The summed E-state index contributed by atoms with van der Waals surface area (Å²) in [7, 11) is 3.36. The van der Waals surface area contributed by atoms with Gasteiger partial charge in [-0.15, -0.1) is 0 Å². The number of methoxy groups -OCH3 is 1. The maximum absolute atomic E-state index is 15.5. The molecule has 1 atom stereocenters. The Morgan fingerprint density at radius 3 is 2.65 bits per heavy atom. The zero-order chi connectivity index (χ0) is 22.1. The molecule has 8 heteroatoms. The molecule has 4 rings (SSSR count). The van der Waals surface area contributed by atoms with Gasteiger partial charge in [0.25, 0.3) is 5.56 Å². The van der Waals surface area contributed by atoms with E-state index in [-0.39, 0.29) is 17.4 Å². The zero-order valence-electron chi connectivity index (χ0n) is 18.5. The fourth-order valence-electron chi connectivity index (χ4n) is 4.30. The second-order valence-electron chi connectivity index (χ2n) is 8.05. The topological polar surface area (TPSA) is 61.5 Å². The van der Waals surface area contributed by atoms with Gasteiger partial charge in [0.05, 0.1) is 31.4 Å². The fraction of sp³-hybridized carbons (Fsp3) is 0.478. The Bertz CT molecular complexity index is 1120. The minimum Gasteiger partial charge on any atom is -0.383 e. The van der Waals surface area contributed by atoms with Crippen molar-refractivity contribution in [3.05, 3.63) is 46.1 Å². The number of ether oxygens (including phenoxy) is 2. The van der Waals surface area contributed by atoms with Gasteiger partial charge < -0.3 is 23.5 Å². The van der Waals surface area contributed by atoms with Gasteiger partial charge in [-0.2, -0.15) is 0 Å². The lowest BCUT2D eigenvalue weighted by atomic mass is 10.1. The van der Waals surface area contributed by atoms with Crippen LogP contribution in [0.3, 0.4) is 0 Å². The van der Waals surface area contributed by atoms with Crippen LogP contribution in [-0.2, 0) is 16.5 Å². The third-order valence-electron chi connectivity index (χ3n) is 5.92. The summed E-state index contributed by atoms with van der Waals surface area (Å²) in [5.41, 5.74) is 3.20. The molecule has 3 aromatic rings. The molecule has 2 aromatic heterocycles. The van der Waals surface area contributed by atoms with E-state index in [2.05, 4.69) is 4.90 Å². The van der Waals surface area contributed by atoms with E-state index in [1.54, 1.807) is 37.9 Å². The molecule has 0 N–H and O–H groups in total. The van der Waals surface area contributed by atoms with Crippen LogP contribution >= 0.6 is 0 Å². The quantitative estimate of drug-likeness (QED) is 0.603. The van der Waals surface area contributed by atoms with Crippen molar-refractivity contribution in [2.75, 3.05) is 44.9 Å². The van der Waals surface area contributed by atoms with Gasteiger partial charge in [0.1, 0.15) is 11.3 Å². The maximum Gasteiger partial charge on any atom is 0.253 e. The number of benzene rings is 1. The van der Waals surface area contributed by atoms with Crippen molar-refractivity contribution >= 4 is 16.7 Å². The molecule has 3 heterocycles. The number of hydrogen-bond donors (Lipinski definition) is 0. The van der Waals surface area contributed by atoms with Crippen LogP contribution in [0.1, 0.15) is 24.9 Å². The maximum atomic E-state index is 15.5. The molecule has 0 bridgehead atoms. The fourth-order valence-corrected chi connectivity index (χ4v) is 4.30. The van der Waals surface area contributed by atoms with Crippen LogP contribution < -0.4 is 10.5 Å². The number of imidazole rings is 1. The summed E-state index contributed by atoms with van der Waals surface area (Å²) in [6, 6.07) is 5.26. The first-order valence-corrected chi connectivity index (χ1v) is 10.6. The van der Waals surface area contributed by atoms with E-state index in [1.165, 1.54) is 0 Å². The number of halogens is 1. The third-order valence-corrected chi connectivity index (χ3v) is 5.92. The molecule has 7 nitrogen and oxygen atoms in total. The molecular weight excluding hydrogens is 399 g/mol. The summed E-state index contributed by atoms with van der Waals surface area (Å²) in [5.74, 6) is 0.324. The molecule has 1 unspecified atom stereocenters. The number of rotatable bonds is 6. The second-order valence-corrected chi connectivity index (χ2v) is 8.05. The summed E-state index contributed by atoms with van der Waals surface area (Å²) in [5, 5.41) is 0. The Hall–Kier alpha value is -2.71. The van der Waals surface area contributed by atoms with Gasteiger partial charge in [0.2, 0.25) is 0 Å². The van der Waals surface area contributed by atoms with Crippen LogP contribution in [-0.4, -0.2) is 54.1 Å². The normalized spacial score (nSPS) is 15.6. The highest BCUT2D eigenvalue weighted by Crippen LogP contribution is 2.34. The zero-order valence-corrected chi connectivity index (χ0v) is 18.5. The average molecular weight is 429 g/mol. The minimum absolute atomic E-state index is 0.0591. The van der Waals surface area contributed by atoms with Crippen LogP contribution in [0.25, 0.3) is 22.4 Å². The highest BCUT2D eigenvalue weighted by atomic mass is 19.1. The molecule has 1 fully saturated rings. The molecule has 1 aromatic carbocycles. The summed E-state index contributed by atoms with van der Waals surface area (Å²) in [4.78, 5) is 19.2. The average Bonchev–Trinajstić information content (AvgIpc) is 3.16. The van der Waals surface area contributed by atoms with Gasteiger partial charge in [0, 0.05) is 50.3 Å². The molecule has 31 heavy (non-hydrogen) atoms. The molecule has 1 aliphatic rings. The van der Waals surface area contributed by atoms with Crippen LogP contribution in [0, 0.1) is 12.7 Å². The summed E-state index contributed by atoms with van der Waals surface area (Å²) in [6.07, 6.45) is 2.51. The number of anilines is 1. The largest absolute Gasteiger partial charge is 0.383 e. The predicted octanol–water partition coefficient (Wildman–Crippen LogP) is 3.28. The molecule has 166 valence electrons. The van der Waals surface area contributed by atoms with Crippen molar-refractivity contribution < 1.29 is 13.9 Å². The van der Waals surface area contributed by atoms with E-state index in [1.807, 2.05) is 23.6 Å². The molecule has 0 aliphatic carbocycles. The van der Waals surface area contributed by atoms with Crippen molar-refractivity contribution in [3.8, 4) is 11.4 Å². The molecule has 1 saturated heterocycles. The van der Waals surface area contributed by atoms with Crippen LogP contribution in [0.4, 0.5) is 10.1 Å². The number of fused-ring (bicyclic) bond motifs is 1. The lowest BCUT2D eigenvalue weighted by Gasteiger charge is -2.29. The van der Waals surface area contributed by atoms with Crippen LogP contribution in [0.5, 0.6) is 0 Å². The first-order valence-electron chi connectivity index (χ1n) is 10.6. The Labute approximate surface area is 181 Å². The highest BCUT2D eigenvalue weighted by Gasteiger charge is 2.24. The monoisotopic (exact) mass is 428 g/mol. The minimum atomic E-state index is -0.311. The van der Waals surface area contributed by atoms with E-state index >= 15 is 4.39 Å². The number of nitrogens with zero attached hydrogens (tertiary/aromatic N) is 4. The molecule has 0 saturated carbocycles. The molecule has 0 amide bonds. The summed E-state index contributed by atoms with van der Waals surface area (Å²) >= 11 is 0. The Morgan fingerprint density at radius 1 is 1.26 bits per heavy atom. The van der Waals surface area contributed by atoms with Crippen LogP contribution in [0.2, 0.25) is 0 Å². The van der Waals surface area contributed by atoms with E-state index < -0.39 is 0 Å².